The summed E-state index contributed by atoms with van der Waals surface area (Å²) in [6.45, 7) is 0.958. The van der Waals surface area contributed by atoms with Crippen LogP contribution in [0.1, 0.15) is 5.69 Å². The predicted molar refractivity (Wildman–Crippen MR) is 48.4 cm³/mol. The van der Waals surface area contributed by atoms with Gasteiger partial charge in [-0.1, -0.05) is 0 Å². The fraction of sp³-hybridized carbons (Fsp3) is 0.444. The first-order valence-electron chi connectivity index (χ1n) is 4.00. The van der Waals surface area contributed by atoms with Gasteiger partial charge >= 0.3 is 0 Å². The molecule has 0 atom stereocenters. The van der Waals surface area contributed by atoms with E-state index in [1.54, 1.807) is 13.3 Å². The number of nitrogens with one attached hydrogen (secondary N) is 1. The third-order valence-corrected chi connectivity index (χ3v) is 1.66. The van der Waals surface area contributed by atoms with E-state index in [2.05, 4.69) is 10.3 Å². The minimum atomic E-state index is 0.809. The highest BCUT2D eigenvalue weighted by atomic mass is 16.5. The molecular formula is C9H14N2O. The van der Waals surface area contributed by atoms with Crippen LogP contribution in [0.15, 0.2) is 18.3 Å². The second-order valence-electron chi connectivity index (χ2n) is 2.54. The zero-order chi connectivity index (χ0) is 8.81. The van der Waals surface area contributed by atoms with Gasteiger partial charge in [-0.3, -0.25) is 4.98 Å². The minimum absolute atomic E-state index is 0.809. The number of ether oxygens (including phenoxy) is 1. The van der Waals surface area contributed by atoms with Crippen molar-refractivity contribution in [1.29, 1.82) is 0 Å². The molecule has 0 fully saturated rings. The fourth-order valence-electron chi connectivity index (χ4n) is 0.933. The van der Waals surface area contributed by atoms with E-state index in [-0.39, 0.29) is 0 Å². The summed E-state index contributed by atoms with van der Waals surface area (Å²) in [5.74, 6) is 0.809. The Hall–Kier alpha value is -1.09. The molecule has 0 unspecified atom stereocenters. The van der Waals surface area contributed by atoms with Crippen molar-refractivity contribution in [3.63, 3.8) is 0 Å². The molecular weight excluding hydrogens is 152 g/mol. The normalized spacial score (nSPS) is 9.83. The van der Waals surface area contributed by atoms with Crippen molar-refractivity contribution in [2.24, 2.45) is 0 Å². The van der Waals surface area contributed by atoms with Gasteiger partial charge in [0.15, 0.2) is 0 Å². The lowest BCUT2D eigenvalue weighted by atomic mass is 10.3. The third kappa shape index (κ3) is 2.51. The number of methoxy groups -OCH3 is 1. The molecule has 1 N–H and O–H groups in total. The molecule has 0 amide bonds. The molecule has 1 aromatic rings. The van der Waals surface area contributed by atoms with Gasteiger partial charge in [0.05, 0.1) is 13.3 Å². The van der Waals surface area contributed by atoms with Crippen LogP contribution in [-0.2, 0) is 6.42 Å². The highest BCUT2D eigenvalue weighted by molar-refractivity contribution is 5.19. The van der Waals surface area contributed by atoms with E-state index in [0.717, 1.165) is 24.4 Å². The molecule has 1 rings (SSSR count). The molecule has 0 saturated heterocycles. The van der Waals surface area contributed by atoms with Gasteiger partial charge in [-0.2, -0.15) is 0 Å². The maximum Gasteiger partial charge on any atom is 0.137 e. The van der Waals surface area contributed by atoms with Crippen LogP contribution in [0.5, 0.6) is 5.75 Å². The quantitative estimate of drug-likeness (QED) is 0.720. The summed E-state index contributed by atoms with van der Waals surface area (Å²) in [4.78, 5) is 4.22. The Morgan fingerprint density at radius 1 is 1.50 bits per heavy atom. The van der Waals surface area contributed by atoms with Crippen LogP contribution in [0.2, 0.25) is 0 Å². The lowest BCUT2D eigenvalue weighted by Gasteiger charge is -2.01. The van der Waals surface area contributed by atoms with Crippen LogP contribution in [0.3, 0.4) is 0 Å². The Morgan fingerprint density at radius 2 is 2.33 bits per heavy atom. The number of rotatable bonds is 4. The number of hydrogen-bond acceptors (Lipinski definition) is 3. The van der Waals surface area contributed by atoms with Gasteiger partial charge in [0.25, 0.3) is 0 Å². The zero-order valence-corrected chi connectivity index (χ0v) is 7.50. The Kier molecular flexibility index (Phi) is 3.54. The Balaban J connectivity index is 2.53. The van der Waals surface area contributed by atoms with Crippen LogP contribution in [0, 0.1) is 0 Å². The van der Waals surface area contributed by atoms with Crippen molar-refractivity contribution >= 4 is 0 Å². The first-order valence-corrected chi connectivity index (χ1v) is 4.00. The van der Waals surface area contributed by atoms with E-state index in [0.29, 0.717) is 0 Å². The molecule has 0 aliphatic carbocycles. The van der Waals surface area contributed by atoms with Crippen LogP contribution < -0.4 is 10.1 Å². The summed E-state index contributed by atoms with van der Waals surface area (Å²) in [5, 5.41) is 3.07. The molecule has 66 valence electrons. The first-order chi connectivity index (χ1) is 5.86. The van der Waals surface area contributed by atoms with E-state index in [1.165, 1.54) is 0 Å². The first kappa shape index (κ1) is 9.00. The summed E-state index contributed by atoms with van der Waals surface area (Å²) < 4.78 is 5.00. The monoisotopic (exact) mass is 166 g/mol. The number of hydrogen-bond donors (Lipinski definition) is 1. The van der Waals surface area contributed by atoms with Crippen molar-refractivity contribution in [2.75, 3.05) is 20.7 Å². The molecule has 1 aromatic heterocycles. The average molecular weight is 166 g/mol. The predicted octanol–water partition coefficient (Wildman–Crippen LogP) is 0.852. The van der Waals surface area contributed by atoms with Gasteiger partial charge in [-0.15, -0.1) is 0 Å². The molecule has 1 heterocycles. The van der Waals surface area contributed by atoms with E-state index >= 15 is 0 Å². The summed E-state index contributed by atoms with van der Waals surface area (Å²) in [6.07, 6.45) is 2.70. The molecule has 0 spiro atoms. The molecule has 0 aromatic carbocycles. The lowest BCUT2D eigenvalue weighted by Crippen LogP contribution is -2.10. The van der Waals surface area contributed by atoms with Crippen molar-refractivity contribution in [3.05, 3.63) is 24.0 Å². The van der Waals surface area contributed by atoms with Gasteiger partial charge in [0.1, 0.15) is 5.75 Å². The number of nitrogens with zero attached hydrogens (tertiary/aromatic N) is 1. The number of likely N-dealkylation sites (N-methyl/N-ethyl adjacent to an activating group) is 1. The lowest BCUT2D eigenvalue weighted by molar-refractivity contribution is 0.412. The Labute approximate surface area is 72.8 Å². The summed E-state index contributed by atoms with van der Waals surface area (Å²) >= 11 is 0. The number of pyridine rings is 1. The highest BCUT2D eigenvalue weighted by Gasteiger charge is 1.94. The van der Waals surface area contributed by atoms with Crippen molar-refractivity contribution in [1.82, 2.24) is 10.3 Å². The van der Waals surface area contributed by atoms with Crippen LogP contribution in [0.4, 0.5) is 0 Å². The van der Waals surface area contributed by atoms with Crippen LogP contribution in [0.25, 0.3) is 0 Å². The van der Waals surface area contributed by atoms with Gasteiger partial charge in [-0.05, 0) is 19.2 Å². The van der Waals surface area contributed by atoms with Crippen molar-refractivity contribution in [3.8, 4) is 5.75 Å². The molecule has 12 heavy (non-hydrogen) atoms. The molecule has 0 radical (unpaired) electrons. The van der Waals surface area contributed by atoms with Gasteiger partial charge in [0, 0.05) is 18.7 Å². The van der Waals surface area contributed by atoms with Crippen molar-refractivity contribution < 1.29 is 4.74 Å². The van der Waals surface area contributed by atoms with Crippen molar-refractivity contribution in [2.45, 2.75) is 6.42 Å². The summed E-state index contributed by atoms with van der Waals surface area (Å²) in [7, 11) is 3.58. The average Bonchev–Trinajstić information content (AvgIpc) is 2.15. The van der Waals surface area contributed by atoms with Gasteiger partial charge in [-0.25, -0.2) is 0 Å². The SMILES string of the molecule is CNCCc1ccc(OC)cn1. The Bertz CT molecular complexity index is 220. The summed E-state index contributed by atoms with van der Waals surface area (Å²) in [6, 6.07) is 3.91. The van der Waals surface area contributed by atoms with Crippen LogP contribution >= 0.6 is 0 Å². The largest absolute Gasteiger partial charge is 0.495 e. The second kappa shape index (κ2) is 4.72. The second-order valence-corrected chi connectivity index (χ2v) is 2.54. The molecule has 0 saturated carbocycles. The molecule has 3 heteroatoms. The third-order valence-electron chi connectivity index (χ3n) is 1.66. The Morgan fingerprint density at radius 3 is 2.83 bits per heavy atom. The topological polar surface area (TPSA) is 34.1 Å². The molecule has 0 aliphatic rings. The van der Waals surface area contributed by atoms with E-state index in [4.69, 9.17) is 4.74 Å². The smallest absolute Gasteiger partial charge is 0.137 e. The zero-order valence-electron chi connectivity index (χ0n) is 7.50. The summed E-state index contributed by atoms with van der Waals surface area (Å²) in [5.41, 5.74) is 1.09. The highest BCUT2D eigenvalue weighted by Crippen LogP contribution is 2.07. The van der Waals surface area contributed by atoms with E-state index in [1.807, 2.05) is 19.2 Å². The minimum Gasteiger partial charge on any atom is -0.495 e. The van der Waals surface area contributed by atoms with E-state index in [9.17, 15) is 0 Å². The maximum absolute atomic E-state index is 5.00. The van der Waals surface area contributed by atoms with Gasteiger partial charge in [0.2, 0.25) is 0 Å². The van der Waals surface area contributed by atoms with Crippen LogP contribution in [-0.4, -0.2) is 25.7 Å². The van der Waals surface area contributed by atoms with Gasteiger partial charge < -0.3 is 10.1 Å². The fourth-order valence-corrected chi connectivity index (χ4v) is 0.933. The van der Waals surface area contributed by atoms with E-state index < -0.39 is 0 Å². The standard InChI is InChI=1S/C9H14N2O/c1-10-6-5-8-3-4-9(12-2)7-11-8/h3-4,7,10H,5-6H2,1-2H3. The molecule has 3 nitrogen and oxygen atoms in total. The molecule has 0 bridgehead atoms. The maximum atomic E-state index is 5.00. The number of aromatic nitrogens is 1. The molecule has 0 aliphatic heterocycles.